The van der Waals surface area contributed by atoms with Crippen molar-refractivity contribution in [3.63, 3.8) is 0 Å². The highest BCUT2D eigenvalue weighted by Gasteiger charge is 2.44. The first kappa shape index (κ1) is 18.2. The van der Waals surface area contributed by atoms with Gasteiger partial charge in [0.15, 0.2) is 0 Å². The Morgan fingerprint density at radius 3 is 2.39 bits per heavy atom. The van der Waals surface area contributed by atoms with Crippen molar-refractivity contribution in [1.82, 2.24) is 20.3 Å². The van der Waals surface area contributed by atoms with E-state index in [1.807, 2.05) is 24.3 Å². The Bertz CT molecular complexity index is 901. The van der Waals surface area contributed by atoms with Gasteiger partial charge in [0, 0.05) is 56.9 Å². The molecule has 9 heteroatoms. The molecule has 2 aliphatic rings. The van der Waals surface area contributed by atoms with E-state index in [4.69, 9.17) is 5.21 Å². The second-order valence-corrected chi connectivity index (χ2v) is 7.31. The van der Waals surface area contributed by atoms with E-state index in [2.05, 4.69) is 19.8 Å². The van der Waals surface area contributed by atoms with E-state index in [9.17, 15) is 9.59 Å². The topological polar surface area (TPSA) is 102 Å². The molecule has 4 rings (SSSR count). The summed E-state index contributed by atoms with van der Waals surface area (Å²) >= 11 is 0. The second kappa shape index (κ2) is 7.08. The summed E-state index contributed by atoms with van der Waals surface area (Å²) in [4.78, 5) is 38.3. The molecule has 9 nitrogen and oxygen atoms in total. The number of fused-ring (bicyclic) bond motifs is 2. The number of rotatable bonds is 4. The molecule has 0 unspecified atom stereocenters. The zero-order chi connectivity index (χ0) is 19.8. The van der Waals surface area contributed by atoms with Crippen LogP contribution < -0.4 is 15.3 Å². The van der Waals surface area contributed by atoms with Gasteiger partial charge in [-0.05, 0) is 24.6 Å². The van der Waals surface area contributed by atoms with Gasteiger partial charge in [0.2, 0.25) is 5.95 Å². The minimum atomic E-state index is -0.632. The van der Waals surface area contributed by atoms with Gasteiger partial charge in [0.25, 0.3) is 11.8 Å². The molecule has 0 radical (unpaired) electrons. The molecule has 0 saturated carbocycles. The van der Waals surface area contributed by atoms with Crippen LogP contribution >= 0.6 is 0 Å². The van der Waals surface area contributed by atoms with Crippen molar-refractivity contribution in [1.29, 1.82) is 0 Å². The average molecular weight is 382 g/mol. The molecule has 2 fully saturated rings. The molecule has 2 bridgehead atoms. The molecule has 0 aliphatic carbocycles. The standard InChI is InChI=1S/C19H22N6O3/c1-23(2)18(27)12-4-3-5-14(6-12)24-10-16-7-15(24)11-25(16)19-20-8-13(9-21-19)17(26)22-28/h3-6,8-9,15-16,28H,7,10-11H2,1-2H3,(H,22,26)/t15-,16-/m1/s1. The van der Waals surface area contributed by atoms with Crippen molar-refractivity contribution in [2.45, 2.75) is 18.5 Å². The van der Waals surface area contributed by atoms with Crippen molar-refractivity contribution < 1.29 is 14.8 Å². The van der Waals surface area contributed by atoms with Gasteiger partial charge in [-0.3, -0.25) is 14.8 Å². The van der Waals surface area contributed by atoms with Crippen LogP contribution in [-0.4, -0.2) is 71.2 Å². The molecule has 28 heavy (non-hydrogen) atoms. The van der Waals surface area contributed by atoms with E-state index < -0.39 is 5.91 Å². The van der Waals surface area contributed by atoms with Crippen molar-refractivity contribution in [2.75, 3.05) is 37.0 Å². The molecule has 2 aliphatic heterocycles. The summed E-state index contributed by atoms with van der Waals surface area (Å²) in [5.74, 6) is -0.0563. The van der Waals surface area contributed by atoms with Crippen LogP contribution in [0.5, 0.6) is 0 Å². The third-order valence-electron chi connectivity index (χ3n) is 5.33. The Morgan fingerprint density at radius 1 is 1.11 bits per heavy atom. The minimum Gasteiger partial charge on any atom is -0.365 e. The Balaban J connectivity index is 1.48. The minimum absolute atomic E-state index is 0.00626. The fraction of sp³-hybridized carbons (Fsp3) is 0.368. The number of hydrogen-bond donors (Lipinski definition) is 2. The number of benzene rings is 1. The van der Waals surface area contributed by atoms with Crippen LogP contribution in [0.25, 0.3) is 0 Å². The summed E-state index contributed by atoms with van der Waals surface area (Å²) < 4.78 is 0. The molecule has 2 atom stereocenters. The molecular formula is C19H22N6O3. The van der Waals surface area contributed by atoms with E-state index in [0.717, 1.165) is 25.2 Å². The Morgan fingerprint density at radius 2 is 1.79 bits per heavy atom. The number of nitrogens with one attached hydrogen (secondary N) is 1. The lowest BCUT2D eigenvalue weighted by Crippen LogP contribution is -2.47. The zero-order valence-electron chi connectivity index (χ0n) is 15.7. The molecule has 2 aromatic rings. The number of nitrogens with zero attached hydrogens (tertiary/aromatic N) is 5. The molecule has 2 saturated heterocycles. The average Bonchev–Trinajstić information content (AvgIpc) is 3.34. The molecule has 0 spiro atoms. The Hall–Kier alpha value is -3.20. The maximum absolute atomic E-state index is 12.2. The summed E-state index contributed by atoms with van der Waals surface area (Å²) in [6, 6.07) is 8.34. The van der Waals surface area contributed by atoms with Gasteiger partial charge in [0.05, 0.1) is 11.6 Å². The predicted molar refractivity (Wildman–Crippen MR) is 103 cm³/mol. The fourth-order valence-corrected chi connectivity index (χ4v) is 3.96. The predicted octanol–water partition coefficient (Wildman–Crippen LogP) is 0.765. The Kier molecular flexibility index (Phi) is 4.60. The highest BCUT2D eigenvalue weighted by Crippen LogP contribution is 2.36. The monoisotopic (exact) mass is 382 g/mol. The number of hydrogen-bond acceptors (Lipinski definition) is 7. The van der Waals surface area contributed by atoms with E-state index in [-0.39, 0.29) is 17.5 Å². The number of carbonyl (C=O) groups excluding carboxylic acids is 2. The van der Waals surface area contributed by atoms with Crippen molar-refractivity contribution in [2.24, 2.45) is 0 Å². The molecule has 3 heterocycles. The summed E-state index contributed by atoms with van der Waals surface area (Å²) in [6.45, 7) is 1.61. The zero-order valence-corrected chi connectivity index (χ0v) is 15.7. The van der Waals surface area contributed by atoms with Gasteiger partial charge in [-0.25, -0.2) is 15.4 Å². The van der Waals surface area contributed by atoms with Crippen LogP contribution in [0, 0.1) is 0 Å². The lowest BCUT2D eigenvalue weighted by atomic mass is 10.1. The van der Waals surface area contributed by atoms with Crippen LogP contribution in [0.2, 0.25) is 0 Å². The smallest absolute Gasteiger partial charge is 0.277 e. The van der Waals surface area contributed by atoms with Gasteiger partial charge >= 0.3 is 0 Å². The first-order chi connectivity index (χ1) is 13.5. The van der Waals surface area contributed by atoms with Crippen LogP contribution in [0.4, 0.5) is 11.6 Å². The summed E-state index contributed by atoms with van der Waals surface area (Å²) in [5.41, 5.74) is 3.52. The van der Waals surface area contributed by atoms with Gasteiger partial charge in [0.1, 0.15) is 0 Å². The molecule has 1 aromatic carbocycles. The number of hydroxylamine groups is 1. The molecular weight excluding hydrogens is 360 g/mol. The van der Waals surface area contributed by atoms with Gasteiger partial charge in [-0.2, -0.15) is 0 Å². The number of piperazine rings is 1. The summed E-state index contributed by atoms with van der Waals surface area (Å²) in [5, 5.41) is 8.68. The third-order valence-corrected chi connectivity index (χ3v) is 5.33. The van der Waals surface area contributed by atoms with E-state index >= 15 is 0 Å². The van der Waals surface area contributed by atoms with Crippen molar-refractivity contribution >= 4 is 23.5 Å². The van der Waals surface area contributed by atoms with Gasteiger partial charge in [-0.15, -0.1) is 0 Å². The largest absolute Gasteiger partial charge is 0.365 e. The van der Waals surface area contributed by atoms with Gasteiger partial charge < -0.3 is 14.7 Å². The number of aromatic nitrogens is 2. The van der Waals surface area contributed by atoms with Crippen LogP contribution in [-0.2, 0) is 0 Å². The van der Waals surface area contributed by atoms with Crippen LogP contribution in [0.1, 0.15) is 27.1 Å². The van der Waals surface area contributed by atoms with Crippen molar-refractivity contribution in [3.8, 4) is 0 Å². The fourth-order valence-electron chi connectivity index (χ4n) is 3.96. The normalized spacial score (nSPS) is 20.4. The number of carbonyl (C=O) groups is 2. The van der Waals surface area contributed by atoms with Crippen LogP contribution in [0.15, 0.2) is 36.7 Å². The first-order valence-corrected chi connectivity index (χ1v) is 9.09. The third kappa shape index (κ3) is 3.13. The van der Waals surface area contributed by atoms with Crippen LogP contribution in [0.3, 0.4) is 0 Å². The summed E-state index contributed by atoms with van der Waals surface area (Å²) in [7, 11) is 3.50. The van der Waals surface area contributed by atoms with Gasteiger partial charge in [-0.1, -0.05) is 6.07 Å². The molecule has 2 N–H and O–H groups in total. The first-order valence-electron chi connectivity index (χ1n) is 9.09. The van der Waals surface area contributed by atoms with E-state index in [1.165, 1.54) is 12.4 Å². The lowest BCUT2D eigenvalue weighted by molar-refractivity contribution is 0.0705. The molecule has 146 valence electrons. The lowest BCUT2D eigenvalue weighted by Gasteiger charge is -2.35. The molecule has 2 amide bonds. The highest BCUT2D eigenvalue weighted by atomic mass is 16.5. The quantitative estimate of drug-likeness (QED) is 0.595. The van der Waals surface area contributed by atoms with Crippen molar-refractivity contribution in [3.05, 3.63) is 47.8 Å². The maximum atomic E-state index is 12.2. The second-order valence-electron chi connectivity index (χ2n) is 7.31. The maximum Gasteiger partial charge on any atom is 0.277 e. The SMILES string of the molecule is CN(C)C(=O)c1cccc(N2C[C@H]3C[C@@H]2CN3c2ncc(C(=O)NO)cn2)c1. The summed E-state index contributed by atoms with van der Waals surface area (Å²) in [6.07, 6.45) is 3.82. The Labute approximate surface area is 162 Å². The number of amides is 2. The highest BCUT2D eigenvalue weighted by molar-refractivity contribution is 5.95. The molecule has 1 aromatic heterocycles. The van der Waals surface area contributed by atoms with E-state index in [0.29, 0.717) is 17.6 Å². The number of anilines is 2. The van der Waals surface area contributed by atoms with E-state index in [1.54, 1.807) is 24.5 Å².